The molecule has 1 aromatic heterocycles. The van der Waals surface area contributed by atoms with Crippen molar-refractivity contribution in [2.24, 2.45) is 5.92 Å². The van der Waals surface area contributed by atoms with Gasteiger partial charge in [-0.2, -0.15) is 0 Å². The smallest absolute Gasteiger partial charge is 0.244 e. The first-order chi connectivity index (χ1) is 13.5. The Balaban J connectivity index is 1.40. The fraction of sp³-hybridized carbons (Fsp3) is 0.591. The van der Waals surface area contributed by atoms with Crippen molar-refractivity contribution in [2.75, 3.05) is 19.6 Å². The fourth-order valence-corrected chi connectivity index (χ4v) is 3.96. The fourth-order valence-electron chi connectivity index (χ4n) is 3.96. The normalized spacial score (nSPS) is 21.5. The molecular formula is C22H31N3O3. The molecule has 6 heteroatoms. The average molecular weight is 386 g/mol. The first-order valence-corrected chi connectivity index (χ1v) is 10.3. The molecule has 152 valence electrons. The molecule has 2 amide bonds. The number of carbonyl (C=O) groups excluding carboxylic acids is 2. The molecule has 1 unspecified atom stereocenters. The molecule has 1 aromatic rings. The molecule has 0 aromatic carbocycles. The maximum Gasteiger partial charge on any atom is 0.244 e. The largest absolute Gasteiger partial charge is 0.370 e. The predicted molar refractivity (Wildman–Crippen MR) is 108 cm³/mol. The van der Waals surface area contributed by atoms with E-state index >= 15 is 0 Å². The van der Waals surface area contributed by atoms with Crippen molar-refractivity contribution in [1.29, 1.82) is 0 Å². The summed E-state index contributed by atoms with van der Waals surface area (Å²) in [4.78, 5) is 30.4. The summed E-state index contributed by atoms with van der Waals surface area (Å²) in [5.41, 5.74) is 0.640. The van der Waals surface area contributed by atoms with E-state index in [1.165, 1.54) is 6.08 Å². The van der Waals surface area contributed by atoms with Gasteiger partial charge in [0, 0.05) is 38.3 Å². The molecule has 28 heavy (non-hydrogen) atoms. The van der Waals surface area contributed by atoms with Crippen LogP contribution < -0.4 is 5.32 Å². The molecule has 2 aliphatic heterocycles. The van der Waals surface area contributed by atoms with E-state index in [0.29, 0.717) is 18.9 Å². The van der Waals surface area contributed by atoms with E-state index in [1.807, 2.05) is 23.1 Å². The van der Waals surface area contributed by atoms with Gasteiger partial charge in [0.1, 0.15) is 0 Å². The Morgan fingerprint density at radius 1 is 1.32 bits per heavy atom. The van der Waals surface area contributed by atoms with Crippen LogP contribution in [0, 0.1) is 5.92 Å². The van der Waals surface area contributed by atoms with Gasteiger partial charge in [0.2, 0.25) is 11.8 Å². The van der Waals surface area contributed by atoms with Crippen LogP contribution in [0.1, 0.15) is 51.6 Å². The third-order valence-electron chi connectivity index (χ3n) is 5.55. The summed E-state index contributed by atoms with van der Waals surface area (Å²) in [5.74, 6) is 0.515. The highest BCUT2D eigenvalue weighted by atomic mass is 16.5. The SMILES string of the molecule is CC(C)CC(=O)N1CCC2(CCC(CNC(=O)C=Cc3ccccn3)O2)CC1. The molecule has 0 aliphatic carbocycles. The molecule has 3 rings (SSSR count). The first-order valence-electron chi connectivity index (χ1n) is 10.3. The van der Waals surface area contributed by atoms with Crippen molar-refractivity contribution in [1.82, 2.24) is 15.2 Å². The van der Waals surface area contributed by atoms with Gasteiger partial charge in [-0.15, -0.1) is 0 Å². The Morgan fingerprint density at radius 3 is 2.79 bits per heavy atom. The van der Waals surface area contributed by atoms with Crippen molar-refractivity contribution in [3.8, 4) is 0 Å². The number of ether oxygens (including phenoxy) is 1. The van der Waals surface area contributed by atoms with E-state index in [4.69, 9.17) is 4.74 Å². The maximum atomic E-state index is 12.2. The van der Waals surface area contributed by atoms with Gasteiger partial charge in [0.05, 0.1) is 17.4 Å². The van der Waals surface area contributed by atoms with Gasteiger partial charge in [-0.25, -0.2) is 0 Å². The number of nitrogens with one attached hydrogen (secondary N) is 1. The topological polar surface area (TPSA) is 71.5 Å². The Kier molecular flexibility index (Phi) is 6.83. The third-order valence-corrected chi connectivity index (χ3v) is 5.55. The zero-order chi connectivity index (χ0) is 20.0. The molecule has 2 fully saturated rings. The predicted octanol–water partition coefficient (Wildman–Crippen LogP) is 2.80. The van der Waals surface area contributed by atoms with Crippen molar-refractivity contribution in [3.05, 3.63) is 36.2 Å². The molecular weight excluding hydrogens is 354 g/mol. The molecule has 3 heterocycles. The van der Waals surface area contributed by atoms with Crippen LogP contribution in [0.2, 0.25) is 0 Å². The lowest BCUT2D eigenvalue weighted by atomic mass is 9.88. The summed E-state index contributed by atoms with van der Waals surface area (Å²) in [6, 6.07) is 5.58. The number of carbonyl (C=O) groups is 2. The minimum absolute atomic E-state index is 0.0464. The van der Waals surface area contributed by atoms with Crippen LogP contribution in [0.3, 0.4) is 0 Å². The highest BCUT2D eigenvalue weighted by molar-refractivity contribution is 5.91. The van der Waals surface area contributed by atoms with Crippen LogP contribution in [0.25, 0.3) is 6.08 Å². The summed E-state index contributed by atoms with van der Waals surface area (Å²) in [5, 5.41) is 2.92. The first kappa shape index (κ1) is 20.5. The number of hydrogen-bond donors (Lipinski definition) is 1. The zero-order valence-corrected chi connectivity index (χ0v) is 16.9. The van der Waals surface area contributed by atoms with E-state index in [0.717, 1.165) is 44.5 Å². The van der Waals surface area contributed by atoms with E-state index < -0.39 is 0 Å². The molecule has 0 radical (unpaired) electrons. The monoisotopic (exact) mass is 385 g/mol. The number of pyridine rings is 1. The van der Waals surface area contributed by atoms with Gasteiger partial charge in [0.15, 0.2) is 0 Å². The van der Waals surface area contributed by atoms with Crippen molar-refractivity contribution in [3.63, 3.8) is 0 Å². The lowest BCUT2D eigenvalue weighted by Gasteiger charge is -2.39. The second kappa shape index (κ2) is 9.32. The highest BCUT2D eigenvalue weighted by Crippen LogP contribution is 2.38. The molecule has 2 aliphatic rings. The summed E-state index contributed by atoms with van der Waals surface area (Å²) in [6.07, 6.45) is 9.31. The zero-order valence-electron chi connectivity index (χ0n) is 16.9. The van der Waals surface area contributed by atoms with E-state index in [-0.39, 0.29) is 23.5 Å². The Labute approximate surface area is 167 Å². The van der Waals surface area contributed by atoms with Gasteiger partial charge in [-0.05, 0) is 49.8 Å². The van der Waals surface area contributed by atoms with Crippen molar-refractivity contribution in [2.45, 2.75) is 57.7 Å². The third kappa shape index (κ3) is 5.64. The van der Waals surface area contributed by atoms with Crippen LogP contribution in [0.5, 0.6) is 0 Å². The average Bonchev–Trinajstić information content (AvgIpc) is 3.08. The molecule has 6 nitrogen and oxygen atoms in total. The molecule has 1 atom stereocenters. The summed E-state index contributed by atoms with van der Waals surface area (Å²) >= 11 is 0. The van der Waals surface area contributed by atoms with E-state index in [1.54, 1.807) is 12.3 Å². The molecule has 2 saturated heterocycles. The van der Waals surface area contributed by atoms with Crippen LogP contribution >= 0.6 is 0 Å². The molecule has 0 saturated carbocycles. The van der Waals surface area contributed by atoms with Crippen molar-refractivity contribution < 1.29 is 14.3 Å². The second-order valence-corrected chi connectivity index (χ2v) is 8.27. The lowest BCUT2D eigenvalue weighted by molar-refractivity contribution is -0.138. The van der Waals surface area contributed by atoms with Gasteiger partial charge in [-0.3, -0.25) is 14.6 Å². The molecule has 1 N–H and O–H groups in total. The Morgan fingerprint density at radius 2 is 2.11 bits per heavy atom. The van der Waals surface area contributed by atoms with Gasteiger partial charge < -0.3 is 15.0 Å². The Bertz CT molecular complexity index is 694. The summed E-state index contributed by atoms with van der Waals surface area (Å²) in [6.45, 7) is 6.22. The lowest BCUT2D eigenvalue weighted by Crippen LogP contribution is -2.47. The highest BCUT2D eigenvalue weighted by Gasteiger charge is 2.43. The molecule has 1 spiro atoms. The number of rotatable bonds is 6. The second-order valence-electron chi connectivity index (χ2n) is 8.27. The standard InChI is InChI=1S/C22H31N3O3/c1-17(2)15-21(27)25-13-10-22(11-14-25)9-8-19(28-22)16-24-20(26)7-6-18-5-3-4-12-23-18/h3-7,12,17,19H,8-11,13-16H2,1-2H3,(H,24,26). The van der Waals surface area contributed by atoms with Crippen LogP contribution in [0.15, 0.2) is 30.5 Å². The number of piperidine rings is 1. The van der Waals surface area contributed by atoms with Crippen LogP contribution in [0.4, 0.5) is 0 Å². The number of likely N-dealkylation sites (tertiary alicyclic amines) is 1. The number of amides is 2. The summed E-state index contributed by atoms with van der Waals surface area (Å²) in [7, 11) is 0. The minimum atomic E-state index is -0.135. The van der Waals surface area contributed by atoms with Gasteiger partial charge in [-0.1, -0.05) is 19.9 Å². The van der Waals surface area contributed by atoms with Crippen LogP contribution in [-0.2, 0) is 14.3 Å². The number of nitrogens with zero attached hydrogens (tertiary/aromatic N) is 2. The van der Waals surface area contributed by atoms with Gasteiger partial charge >= 0.3 is 0 Å². The quantitative estimate of drug-likeness (QED) is 0.765. The maximum absolute atomic E-state index is 12.2. The van der Waals surface area contributed by atoms with Crippen LogP contribution in [-0.4, -0.2) is 53.0 Å². The molecule has 0 bridgehead atoms. The van der Waals surface area contributed by atoms with E-state index in [9.17, 15) is 9.59 Å². The summed E-state index contributed by atoms with van der Waals surface area (Å²) < 4.78 is 6.32. The van der Waals surface area contributed by atoms with Crippen molar-refractivity contribution >= 4 is 17.9 Å². The minimum Gasteiger partial charge on any atom is -0.370 e. The van der Waals surface area contributed by atoms with E-state index in [2.05, 4.69) is 24.1 Å². The Hall–Kier alpha value is -2.21. The van der Waals surface area contributed by atoms with Gasteiger partial charge in [0.25, 0.3) is 0 Å². The number of aromatic nitrogens is 1. The number of hydrogen-bond acceptors (Lipinski definition) is 4.